The Bertz CT molecular complexity index is 679. The van der Waals surface area contributed by atoms with Crippen molar-refractivity contribution < 1.29 is 13.9 Å². The van der Waals surface area contributed by atoms with Crippen molar-refractivity contribution in [3.8, 4) is 11.3 Å². The maximum absolute atomic E-state index is 11.7. The molecule has 2 heterocycles. The van der Waals surface area contributed by atoms with Crippen LogP contribution in [0.4, 0.5) is 4.79 Å². The maximum atomic E-state index is 11.7. The number of halogens is 1. The fraction of sp³-hybridized carbons (Fsp3) is 0.412. The van der Waals surface area contributed by atoms with Crippen molar-refractivity contribution in [3.63, 3.8) is 0 Å². The first-order valence-electron chi connectivity index (χ1n) is 8.00. The average Bonchev–Trinajstić information content (AvgIpc) is 3.05. The van der Waals surface area contributed by atoms with Crippen LogP contribution >= 0.6 is 11.6 Å². The van der Waals surface area contributed by atoms with Gasteiger partial charge in [-0.3, -0.25) is 4.90 Å². The van der Waals surface area contributed by atoms with E-state index in [1.165, 1.54) is 0 Å². The molecule has 0 radical (unpaired) electrons. The summed E-state index contributed by atoms with van der Waals surface area (Å²) in [4.78, 5) is 20.0. The van der Waals surface area contributed by atoms with Crippen LogP contribution in [0.2, 0.25) is 5.02 Å². The predicted molar refractivity (Wildman–Crippen MR) is 90.8 cm³/mol. The number of hydrogen-bond acceptors (Lipinski definition) is 5. The molecule has 1 aromatic carbocycles. The molecule has 1 aliphatic heterocycles. The van der Waals surface area contributed by atoms with E-state index in [4.69, 9.17) is 20.8 Å². The lowest BCUT2D eigenvalue weighted by molar-refractivity contribution is 0.0756. The molecule has 1 aromatic heterocycles. The Morgan fingerprint density at radius 2 is 1.96 bits per heavy atom. The smallest absolute Gasteiger partial charge is 0.409 e. The van der Waals surface area contributed by atoms with Gasteiger partial charge < -0.3 is 14.1 Å². The topological polar surface area (TPSA) is 58.8 Å². The van der Waals surface area contributed by atoms with E-state index in [1.54, 1.807) is 11.1 Å². The van der Waals surface area contributed by atoms with E-state index in [-0.39, 0.29) is 6.09 Å². The highest BCUT2D eigenvalue weighted by Crippen LogP contribution is 2.23. The molecule has 3 rings (SSSR count). The summed E-state index contributed by atoms with van der Waals surface area (Å²) < 4.78 is 10.8. The molecule has 0 aliphatic carbocycles. The van der Waals surface area contributed by atoms with E-state index in [0.717, 1.165) is 24.4 Å². The Hall–Kier alpha value is -2.05. The molecule has 1 saturated heterocycles. The third kappa shape index (κ3) is 4.07. The molecule has 2 aromatic rings. The predicted octanol–water partition coefficient (Wildman–Crippen LogP) is 3.27. The molecule has 0 unspecified atom stereocenters. The fourth-order valence-corrected chi connectivity index (χ4v) is 2.75. The SMILES string of the molecule is CCOC(=O)N1CCN(Cc2ncc(-c3ccc(Cl)cc3)o2)CC1. The normalized spacial score (nSPS) is 15.5. The number of benzene rings is 1. The van der Waals surface area contributed by atoms with Gasteiger partial charge in [-0.05, 0) is 31.2 Å². The lowest BCUT2D eigenvalue weighted by atomic mass is 10.2. The van der Waals surface area contributed by atoms with Gasteiger partial charge in [-0.25, -0.2) is 9.78 Å². The Morgan fingerprint density at radius 1 is 1.25 bits per heavy atom. The van der Waals surface area contributed by atoms with Crippen molar-refractivity contribution >= 4 is 17.7 Å². The summed E-state index contributed by atoms with van der Waals surface area (Å²) in [7, 11) is 0. The molecule has 0 N–H and O–H groups in total. The number of aromatic nitrogens is 1. The molecule has 7 heteroatoms. The number of amides is 1. The van der Waals surface area contributed by atoms with Crippen LogP contribution in [-0.2, 0) is 11.3 Å². The molecule has 1 fully saturated rings. The van der Waals surface area contributed by atoms with Gasteiger partial charge in [0, 0.05) is 36.8 Å². The Labute approximate surface area is 146 Å². The van der Waals surface area contributed by atoms with E-state index in [1.807, 2.05) is 31.2 Å². The standard InChI is InChI=1S/C17H20ClN3O3/c1-2-23-17(22)21-9-7-20(8-10-21)12-16-19-11-15(24-16)13-3-5-14(18)6-4-13/h3-6,11H,2,7-10,12H2,1H3. The Kier molecular flexibility index (Phi) is 5.37. The quantitative estimate of drug-likeness (QED) is 0.847. The van der Waals surface area contributed by atoms with Gasteiger partial charge in [-0.15, -0.1) is 0 Å². The van der Waals surface area contributed by atoms with Gasteiger partial charge in [0.1, 0.15) is 0 Å². The summed E-state index contributed by atoms with van der Waals surface area (Å²) in [5.41, 5.74) is 0.949. The van der Waals surface area contributed by atoms with E-state index < -0.39 is 0 Å². The number of ether oxygens (including phenoxy) is 1. The van der Waals surface area contributed by atoms with Crippen LogP contribution in [0.25, 0.3) is 11.3 Å². The fourth-order valence-electron chi connectivity index (χ4n) is 2.63. The Balaban J connectivity index is 1.54. The number of nitrogens with zero attached hydrogens (tertiary/aromatic N) is 3. The highest BCUT2D eigenvalue weighted by molar-refractivity contribution is 6.30. The largest absolute Gasteiger partial charge is 0.450 e. The number of carbonyl (C=O) groups is 1. The molecule has 128 valence electrons. The van der Waals surface area contributed by atoms with E-state index in [2.05, 4.69) is 9.88 Å². The lowest BCUT2D eigenvalue weighted by Gasteiger charge is -2.33. The summed E-state index contributed by atoms with van der Waals surface area (Å²) in [6, 6.07) is 7.47. The minimum absolute atomic E-state index is 0.238. The van der Waals surface area contributed by atoms with Gasteiger partial charge >= 0.3 is 6.09 Å². The van der Waals surface area contributed by atoms with Crippen LogP contribution < -0.4 is 0 Å². The van der Waals surface area contributed by atoms with Gasteiger partial charge in [-0.1, -0.05) is 11.6 Å². The van der Waals surface area contributed by atoms with Gasteiger partial charge in [0.05, 0.1) is 19.3 Å². The van der Waals surface area contributed by atoms with Gasteiger partial charge in [0.25, 0.3) is 0 Å². The van der Waals surface area contributed by atoms with Crippen molar-refractivity contribution in [3.05, 3.63) is 41.4 Å². The molecule has 6 nitrogen and oxygen atoms in total. The zero-order chi connectivity index (χ0) is 16.9. The van der Waals surface area contributed by atoms with E-state index in [9.17, 15) is 4.79 Å². The first-order chi connectivity index (χ1) is 11.7. The monoisotopic (exact) mass is 349 g/mol. The summed E-state index contributed by atoms with van der Waals surface area (Å²) in [5, 5.41) is 0.693. The number of oxazole rings is 1. The average molecular weight is 350 g/mol. The van der Waals surface area contributed by atoms with Crippen molar-refractivity contribution in [1.29, 1.82) is 0 Å². The van der Waals surface area contributed by atoms with Gasteiger partial charge in [0.15, 0.2) is 5.76 Å². The van der Waals surface area contributed by atoms with Crippen LogP contribution in [0.5, 0.6) is 0 Å². The van der Waals surface area contributed by atoms with Crippen LogP contribution in [-0.4, -0.2) is 53.7 Å². The molecule has 1 aliphatic rings. The first-order valence-corrected chi connectivity index (χ1v) is 8.38. The summed E-state index contributed by atoms with van der Waals surface area (Å²) >= 11 is 5.90. The highest BCUT2D eigenvalue weighted by Gasteiger charge is 2.22. The van der Waals surface area contributed by atoms with E-state index >= 15 is 0 Å². The van der Waals surface area contributed by atoms with Crippen molar-refractivity contribution in [2.75, 3.05) is 32.8 Å². The molecule has 1 amide bonds. The highest BCUT2D eigenvalue weighted by atomic mass is 35.5. The van der Waals surface area contributed by atoms with Crippen molar-refractivity contribution in [2.45, 2.75) is 13.5 Å². The van der Waals surface area contributed by atoms with Crippen LogP contribution in [0.1, 0.15) is 12.8 Å². The lowest BCUT2D eigenvalue weighted by Crippen LogP contribution is -2.48. The molecule has 0 saturated carbocycles. The third-order valence-electron chi connectivity index (χ3n) is 3.94. The second-order valence-corrected chi connectivity index (χ2v) is 6.02. The molecule has 0 bridgehead atoms. The molecule has 24 heavy (non-hydrogen) atoms. The first kappa shape index (κ1) is 16.8. The third-order valence-corrected chi connectivity index (χ3v) is 4.19. The van der Waals surface area contributed by atoms with Gasteiger partial charge in [0.2, 0.25) is 5.89 Å². The van der Waals surface area contributed by atoms with Crippen molar-refractivity contribution in [1.82, 2.24) is 14.8 Å². The zero-order valence-corrected chi connectivity index (χ0v) is 14.3. The zero-order valence-electron chi connectivity index (χ0n) is 13.6. The summed E-state index contributed by atoms with van der Waals surface area (Å²) in [6.07, 6.45) is 1.49. The van der Waals surface area contributed by atoms with E-state index in [0.29, 0.717) is 37.2 Å². The molecule has 0 spiro atoms. The number of hydrogen-bond donors (Lipinski definition) is 0. The van der Waals surface area contributed by atoms with Crippen LogP contribution in [0, 0.1) is 0 Å². The van der Waals surface area contributed by atoms with Crippen LogP contribution in [0.3, 0.4) is 0 Å². The van der Waals surface area contributed by atoms with Crippen molar-refractivity contribution in [2.24, 2.45) is 0 Å². The Morgan fingerprint density at radius 3 is 2.62 bits per heavy atom. The number of carbonyl (C=O) groups excluding carboxylic acids is 1. The number of rotatable bonds is 4. The second kappa shape index (κ2) is 7.68. The summed E-state index contributed by atoms with van der Waals surface area (Å²) in [5.74, 6) is 1.40. The number of piperazine rings is 1. The summed E-state index contributed by atoms with van der Waals surface area (Å²) in [6.45, 7) is 5.71. The second-order valence-electron chi connectivity index (χ2n) is 5.59. The minimum Gasteiger partial charge on any atom is -0.450 e. The van der Waals surface area contributed by atoms with Gasteiger partial charge in [-0.2, -0.15) is 0 Å². The molecular weight excluding hydrogens is 330 g/mol. The minimum atomic E-state index is -0.238. The molecule has 0 atom stereocenters. The maximum Gasteiger partial charge on any atom is 0.409 e. The van der Waals surface area contributed by atoms with Crippen LogP contribution in [0.15, 0.2) is 34.9 Å². The molecular formula is C17H20ClN3O3.